The second-order valence-corrected chi connectivity index (χ2v) is 6.71. The topological polar surface area (TPSA) is 89.3 Å². The first-order chi connectivity index (χ1) is 15.0. The van der Waals surface area contributed by atoms with E-state index in [-0.39, 0.29) is 12.3 Å². The number of hydrogen-bond donors (Lipinski definition) is 2. The van der Waals surface area contributed by atoms with Gasteiger partial charge in [-0.05, 0) is 48.4 Å². The summed E-state index contributed by atoms with van der Waals surface area (Å²) in [5.74, 6) is -1.90. The largest absolute Gasteiger partial charge is 0.481 e. The van der Waals surface area contributed by atoms with Crippen molar-refractivity contribution in [3.05, 3.63) is 77.9 Å². The minimum atomic E-state index is -0.880. The van der Waals surface area contributed by atoms with Crippen LogP contribution in [0.5, 0.6) is 5.75 Å². The predicted molar refractivity (Wildman–Crippen MR) is 110 cm³/mol. The van der Waals surface area contributed by atoms with Crippen molar-refractivity contribution in [2.24, 2.45) is 0 Å². The molecule has 31 heavy (non-hydrogen) atoms. The van der Waals surface area contributed by atoms with Gasteiger partial charge in [0.1, 0.15) is 34.1 Å². The molecule has 4 aromatic rings. The first-order valence-electron chi connectivity index (χ1n) is 9.47. The maximum absolute atomic E-state index is 13.7. The molecule has 0 unspecified atom stereocenters. The number of nitrogens with one attached hydrogen (secondary N) is 1. The Labute approximate surface area is 175 Å². The van der Waals surface area contributed by atoms with Crippen LogP contribution in [0.3, 0.4) is 0 Å². The van der Waals surface area contributed by atoms with Crippen LogP contribution in [0, 0.1) is 11.6 Å². The number of aromatic nitrogens is 3. The summed E-state index contributed by atoms with van der Waals surface area (Å²) in [6.45, 7) is -0.441. The normalized spacial score (nSPS) is 10.9. The molecule has 1 heterocycles. The van der Waals surface area contributed by atoms with Gasteiger partial charge in [0.05, 0.1) is 5.69 Å². The molecule has 0 fully saturated rings. The summed E-state index contributed by atoms with van der Waals surface area (Å²) in [5, 5.41) is 20.5. The van der Waals surface area contributed by atoms with Crippen molar-refractivity contribution in [2.75, 3.05) is 18.5 Å². The first-order valence-corrected chi connectivity index (χ1v) is 9.47. The Morgan fingerprint density at radius 2 is 1.77 bits per heavy atom. The van der Waals surface area contributed by atoms with Gasteiger partial charge < -0.3 is 15.2 Å². The molecule has 4 rings (SSSR count). The van der Waals surface area contributed by atoms with Crippen molar-refractivity contribution < 1.29 is 23.4 Å². The van der Waals surface area contributed by atoms with Crippen LogP contribution in [0.1, 0.15) is 5.56 Å². The first kappa shape index (κ1) is 20.4. The lowest BCUT2D eigenvalue weighted by molar-refractivity contribution is -0.118. The molecule has 9 heteroatoms. The van der Waals surface area contributed by atoms with E-state index in [1.807, 2.05) is 24.3 Å². The van der Waals surface area contributed by atoms with Gasteiger partial charge in [-0.2, -0.15) is 0 Å². The third-order valence-corrected chi connectivity index (χ3v) is 4.49. The monoisotopic (exact) mass is 424 g/mol. The second kappa shape index (κ2) is 8.88. The molecule has 0 atom stereocenters. The van der Waals surface area contributed by atoms with Crippen molar-refractivity contribution in [1.82, 2.24) is 15.0 Å². The summed E-state index contributed by atoms with van der Waals surface area (Å²) >= 11 is 0. The number of nitrogens with zero attached hydrogens (tertiary/aromatic N) is 3. The van der Waals surface area contributed by atoms with Crippen molar-refractivity contribution in [3.63, 3.8) is 0 Å². The molecule has 3 aromatic carbocycles. The highest BCUT2D eigenvalue weighted by atomic mass is 19.1. The van der Waals surface area contributed by atoms with Crippen LogP contribution < -0.4 is 10.1 Å². The SMILES string of the molecule is O=C(COc1ccc(CCO)cc1-n1nc2ccccc2n1)Nc1ccc(F)cc1F. The maximum Gasteiger partial charge on any atom is 0.262 e. The Morgan fingerprint density at radius 3 is 2.45 bits per heavy atom. The van der Waals surface area contributed by atoms with Gasteiger partial charge in [-0.15, -0.1) is 15.0 Å². The van der Waals surface area contributed by atoms with Gasteiger partial charge in [-0.1, -0.05) is 18.2 Å². The van der Waals surface area contributed by atoms with Crippen LogP contribution in [0.15, 0.2) is 60.7 Å². The van der Waals surface area contributed by atoms with E-state index in [2.05, 4.69) is 15.5 Å². The lowest BCUT2D eigenvalue weighted by Crippen LogP contribution is -2.21. The van der Waals surface area contributed by atoms with Gasteiger partial charge in [0, 0.05) is 12.7 Å². The van der Waals surface area contributed by atoms with Crippen LogP contribution >= 0.6 is 0 Å². The third kappa shape index (κ3) is 4.67. The zero-order chi connectivity index (χ0) is 21.8. The van der Waals surface area contributed by atoms with Crippen molar-refractivity contribution in [2.45, 2.75) is 6.42 Å². The van der Waals surface area contributed by atoms with E-state index in [0.717, 1.165) is 17.7 Å². The molecule has 0 aliphatic carbocycles. The highest BCUT2D eigenvalue weighted by Crippen LogP contribution is 2.25. The smallest absolute Gasteiger partial charge is 0.262 e. The number of carbonyl (C=O) groups is 1. The molecular weight excluding hydrogens is 406 g/mol. The minimum absolute atomic E-state index is 0.0280. The number of carbonyl (C=O) groups excluding carboxylic acids is 1. The number of halogens is 2. The van der Waals surface area contributed by atoms with Crippen molar-refractivity contribution in [1.29, 1.82) is 0 Å². The van der Waals surface area contributed by atoms with E-state index < -0.39 is 24.1 Å². The summed E-state index contributed by atoms with van der Waals surface area (Å²) in [7, 11) is 0. The average molecular weight is 424 g/mol. The standard InChI is InChI=1S/C22H18F2N4O3/c23-15-6-7-17(16(24)12-15)25-22(30)13-31-21-8-5-14(9-10-29)11-20(21)28-26-18-3-1-2-4-19(18)27-28/h1-8,11-12,29H,9-10,13H2,(H,25,30). The number of benzene rings is 3. The molecule has 7 nitrogen and oxygen atoms in total. The summed E-state index contributed by atoms with van der Waals surface area (Å²) in [4.78, 5) is 13.6. The predicted octanol–water partition coefficient (Wildman–Crippen LogP) is 3.25. The maximum atomic E-state index is 13.7. The second-order valence-electron chi connectivity index (χ2n) is 6.71. The Morgan fingerprint density at radius 1 is 1.03 bits per heavy atom. The molecule has 0 radical (unpaired) electrons. The Kier molecular flexibility index (Phi) is 5.85. The highest BCUT2D eigenvalue weighted by Gasteiger charge is 2.14. The van der Waals surface area contributed by atoms with Crippen LogP contribution in [0.25, 0.3) is 16.7 Å². The quantitative estimate of drug-likeness (QED) is 0.476. The van der Waals surface area contributed by atoms with Crippen LogP contribution in [0.4, 0.5) is 14.5 Å². The number of ether oxygens (including phenoxy) is 1. The molecule has 158 valence electrons. The summed E-state index contributed by atoms with van der Waals surface area (Å²) in [6.07, 6.45) is 0.429. The van der Waals surface area contributed by atoms with Crippen LogP contribution in [0.2, 0.25) is 0 Å². The fourth-order valence-electron chi connectivity index (χ4n) is 3.01. The molecule has 1 amide bonds. The average Bonchev–Trinajstić information content (AvgIpc) is 3.19. The van der Waals surface area contributed by atoms with Crippen molar-refractivity contribution >= 4 is 22.6 Å². The Hall–Kier alpha value is -3.85. The van der Waals surface area contributed by atoms with Crippen LogP contribution in [-0.2, 0) is 11.2 Å². The van der Waals surface area contributed by atoms with E-state index in [1.54, 1.807) is 18.2 Å². The zero-order valence-corrected chi connectivity index (χ0v) is 16.3. The lowest BCUT2D eigenvalue weighted by atomic mass is 10.1. The molecule has 2 N–H and O–H groups in total. The fraction of sp³-hybridized carbons (Fsp3) is 0.136. The van der Waals surface area contributed by atoms with Crippen molar-refractivity contribution in [3.8, 4) is 11.4 Å². The van der Waals surface area contributed by atoms with E-state index in [9.17, 15) is 18.7 Å². The van der Waals surface area contributed by atoms with E-state index in [1.165, 1.54) is 4.80 Å². The van der Waals surface area contributed by atoms with Crippen LogP contribution in [-0.4, -0.2) is 39.2 Å². The van der Waals surface area contributed by atoms with Gasteiger partial charge in [0.15, 0.2) is 6.61 Å². The lowest BCUT2D eigenvalue weighted by Gasteiger charge is -2.13. The number of aliphatic hydroxyl groups is 1. The van der Waals surface area contributed by atoms with Gasteiger partial charge in [-0.25, -0.2) is 8.78 Å². The Bertz CT molecular complexity index is 1210. The van der Waals surface area contributed by atoms with Gasteiger partial charge in [0.2, 0.25) is 0 Å². The number of anilines is 1. The molecule has 0 aliphatic rings. The highest BCUT2D eigenvalue weighted by molar-refractivity contribution is 5.92. The molecule has 0 saturated carbocycles. The number of hydrogen-bond acceptors (Lipinski definition) is 5. The van der Waals surface area contributed by atoms with Gasteiger partial charge in [0.25, 0.3) is 5.91 Å². The number of aliphatic hydroxyl groups excluding tert-OH is 1. The minimum Gasteiger partial charge on any atom is -0.481 e. The van der Waals surface area contributed by atoms with E-state index >= 15 is 0 Å². The summed E-state index contributed by atoms with van der Waals surface area (Å²) < 4.78 is 32.4. The number of amides is 1. The molecule has 0 bridgehead atoms. The third-order valence-electron chi connectivity index (χ3n) is 4.49. The Balaban J connectivity index is 1.56. The van der Waals surface area contributed by atoms with Gasteiger partial charge in [-0.3, -0.25) is 4.79 Å². The summed E-state index contributed by atoms with van der Waals surface area (Å²) in [5.41, 5.74) is 2.55. The van der Waals surface area contributed by atoms with Gasteiger partial charge >= 0.3 is 0 Å². The van der Waals surface area contributed by atoms with E-state index in [0.29, 0.717) is 35.0 Å². The zero-order valence-electron chi connectivity index (χ0n) is 16.3. The number of fused-ring (bicyclic) bond motifs is 1. The fourth-order valence-corrected chi connectivity index (χ4v) is 3.01. The molecule has 0 spiro atoms. The molecular formula is C22H18F2N4O3. The molecule has 1 aromatic heterocycles. The van der Waals surface area contributed by atoms with E-state index in [4.69, 9.17) is 4.74 Å². The molecule has 0 aliphatic heterocycles. The summed E-state index contributed by atoms with van der Waals surface area (Å²) in [6, 6.07) is 15.4. The number of rotatable bonds is 7. The molecule has 0 saturated heterocycles.